The molecule has 0 radical (unpaired) electrons. The molecule has 3 unspecified atom stereocenters. The summed E-state index contributed by atoms with van der Waals surface area (Å²) in [5.41, 5.74) is 1.22. The van der Waals surface area contributed by atoms with Gasteiger partial charge in [0.25, 0.3) is 10.1 Å². The molecule has 9 heteroatoms. The molecule has 3 aromatic rings. The van der Waals surface area contributed by atoms with Crippen LogP contribution in [0.5, 0.6) is 0 Å². The predicted octanol–water partition coefficient (Wildman–Crippen LogP) is 3.41. The topological polar surface area (TPSA) is 134 Å². The molecule has 0 amide bonds. The van der Waals surface area contributed by atoms with Crippen LogP contribution in [-0.2, 0) is 19.7 Å². The summed E-state index contributed by atoms with van der Waals surface area (Å²) in [6.45, 7) is 3.15. The smallest absolute Gasteiger partial charge is 0.309 e. The number of carbonyl (C=O) groups is 2. The van der Waals surface area contributed by atoms with Gasteiger partial charge in [-0.15, -0.1) is 0 Å². The molecule has 1 heterocycles. The minimum atomic E-state index is -4.42. The highest BCUT2D eigenvalue weighted by Crippen LogP contribution is 2.38. The van der Waals surface area contributed by atoms with E-state index in [-0.39, 0.29) is 4.90 Å². The van der Waals surface area contributed by atoms with Crippen molar-refractivity contribution >= 4 is 43.9 Å². The van der Waals surface area contributed by atoms with Gasteiger partial charge in [-0.1, -0.05) is 32.0 Å². The van der Waals surface area contributed by atoms with E-state index >= 15 is 0 Å². The summed E-state index contributed by atoms with van der Waals surface area (Å²) >= 11 is 0. The Morgan fingerprint density at radius 1 is 1.00 bits per heavy atom. The molecule has 0 saturated heterocycles. The third-order valence-electron chi connectivity index (χ3n) is 5.36. The molecule has 0 spiro atoms. The number of para-hydroxylation sites is 1. The van der Waals surface area contributed by atoms with Crippen molar-refractivity contribution in [1.29, 1.82) is 0 Å². The van der Waals surface area contributed by atoms with Crippen LogP contribution in [0.3, 0.4) is 0 Å². The second-order valence-electron chi connectivity index (χ2n) is 7.01. The van der Waals surface area contributed by atoms with Crippen molar-refractivity contribution in [2.45, 2.75) is 31.2 Å². The summed E-state index contributed by atoms with van der Waals surface area (Å²) in [5, 5.41) is 20.4. The van der Waals surface area contributed by atoms with Crippen molar-refractivity contribution in [2.75, 3.05) is 0 Å². The van der Waals surface area contributed by atoms with Gasteiger partial charge >= 0.3 is 11.9 Å². The molecule has 3 N–H and O–H groups in total. The highest BCUT2D eigenvalue weighted by Gasteiger charge is 2.38. The summed E-state index contributed by atoms with van der Waals surface area (Å²) in [6.07, 6.45) is 0.350. The van der Waals surface area contributed by atoms with Gasteiger partial charge in [-0.05, 0) is 30.7 Å². The van der Waals surface area contributed by atoms with Crippen molar-refractivity contribution in [1.82, 2.24) is 4.57 Å². The predicted molar refractivity (Wildman–Crippen MR) is 107 cm³/mol. The van der Waals surface area contributed by atoms with Gasteiger partial charge in [0, 0.05) is 27.8 Å². The van der Waals surface area contributed by atoms with Gasteiger partial charge in [0.15, 0.2) is 0 Å². The van der Waals surface area contributed by atoms with Crippen LogP contribution in [0.1, 0.15) is 26.3 Å². The zero-order chi connectivity index (χ0) is 21.5. The van der Waals surface area contributed by atoms with Crippen LogP contribution in [0.25, 0.3) is 21.8 Å². The molecule has 0 aliphatic rings. The molecule has 2 aromatic carbocycles. The lowest BCUT2D eigenvalue weighted by Gasteiger charge is -2.28. The van der Waals surface area contributed by atoms with Gasteiger partial charge in [-0.3, -0.25) is 14.1 Å². The number of nitrogens with zero attached hydrogens (tertiary/aromatic N) is 1. The van der Waals surface area contributed by atoms with Crippen LogP contribution >= 0.6 is 0 Å². The van der Waals surface area contributed by atoms with Gasteiger partial charge in [-0.25, -0.2) is 0 Å². The summed E-state index contributed by atoms with van der Waals surface area (Å²) in [6, 6.07) is 10.5. The number of fused-ring (bicyclic) bond motifs is 3. The van der Waals surface area contributed by atoms with E-state index in [4.69, 9.17) is 0 Å². The van der Waals surface area contributed by atoms with E-state index in [2.05, 4.69) is 0 Å². The maximum Gasteiger partial charge on any atom is 0.309 e. The van der Waals surface area contributed by atoms with Gasteiger partial charge in [0.05, 0.1) is 16.7 Å². The first kappa shape index (κ1) is 20.8. The lowest BCUT2D eigenvalue weighted by molar-refractivity contribution is -0.154. The van der Waals surface area contributed by atoms with Crippen LogP contribution in [0.4, 0.5) is 0 Å². The van der Waals surface area contributed by atoms with E-state index in [9.17, 15) is 32.8 Å². The Labute approximate surface area is 167 Å². The second kappa shape index (κ2) is 7.49. The van der Waals surface area contributed by atoms with Crippen LogP contribution < -0.4 is 0 Å². The molecule has 154 valence electrons. The molecule has 0 fully saturated rings. The third kappa shape index (κ3) is 3.58. The fraction of sp³-hybridized carbons (Fsp3) is 0.300. The van der Waals surface area contributed by atoms with E-state index in [1.807, 2.05) is 0 Å². The number of benzene rings is 2. The molecule has 3 atom stereocenters. The molecule has 0 aliphatic heterocycles. The fourth-order valence-electron chi connectivity index (χ4n) is 3.96. The van der Waals surface area contributed by atoms with Gasteiger partial charge in [-0.2, -0.15) is 8.42 Å². The number of rotatable bonds is 7. The maximum absolute atomic E-state index is 12.0. The van der Waals surface area contributed by atoms with Gasteiger partial charge in [0.1, 0.15) is 0 Å². The molecule has 8 nitrogen and oxygen atoms in total. The quantitative estimate of drug-likeness (QED) is 0.500. The summed E-state index contributed by atoms with van der Waals surface area (Å²) < 4.78 is 34.3. The van der Waals surface area contributed by atoms with Gasteiger partial charge in [0.2, 0.25) is 0 Å². The SMILES string of the molecule is CCC(C(C(=O)O)C(C)C(=O)O)n1c2ccccc2c2cc(S(=O)(=O)O)ccc21. The number of aliphatic carboxylic acids is 2. The molecule has 1 aromatic heterocycles. The molecule has 0 saturated carbocycles. The number of carboxylic acid groups (broad SMARTS) is 2. The monoisotopic (exact) mass is 419 g/mol. The normalized spacial score (nSPS) is 15.3. The highest BCUT2D eigenvalue weighted by atomic mass is 32.2. The Morgan fingerprint density at radius 3 is 2.17 bits per heavy atom. The van der Waals surface area contributed by atoms with Crippen molar-refractivity contribution in [3.8, 4) is 0 Å². The Hall–Kier alpha value is -2.91. The third-order valence-corrected chi connectivity index (χ3v) is 6.21. The number of hydrogen-bond donors (Lipinski definition) is 3. The Bertz CT molecular complexity index is 1210. The van der Waals surface area contributed by atoms with E-state index < -0.39 is 39.9 Å². The van der Waals surface area contributed by atoms with Crippen molar-refractivity contribution in [3.63, 3.8) is 0 Å². The Morgan fingerprint density at radius 2 is 1.62 bits per heavy atom. The van der Waals surface area contributed by atoms with E-state index in [1.54, 1.807) is 35.8 Å². The summed E-state index contributed by atoms with van der Waals surface area (Å²) in [5.74, 6) is -4.75. The van der Waals surface area contributed by atoms with Crippen LogP contribution in [0.2, 0.25) is 0 Å². The second-order valence-corrected chi connectivity index (χ2v) is 8.43. The van der Waals surface area contributed by atoms with Gasteiger partial charge < -0.3 is 14.8 Å². The van der Waals surface area contributed by atoms with Crippen LogP contribution in [0.15, 0.2) is 47.4 Å². The van der Waals surface area contributed by atoms with Crippen molar-refractivity contribution in [2.24, 2.45) is 11.8 Å². The maximum atomic E-state index is 12.0. The lowest BCUT2D eigenvalue weighted by atomic mass is 9.85. The molecular formula is C20H21NO7S. The van der Waals surface area contributed by atoms with Crippen molar-refractivity contribution < 1.29 is 32.8 Å². The molecule has 29 heavy (non-hydrogen) atoms. The largest absolute Gasteiger partial charge is 0.481 e. The molecule has 3 rings (SSSR count). The van der Waals surface area contributed by atoms with E-state index in [0.717, 1.165) is 0 Å². The number of hydrogen-bond acceptors (Lipinski definition) is 4. The molecule has 0 bridgehead atoms. The highest BCUT2D eigenvalue weighted by molar-refractivity contribution is 7.85. The summed E-state index contributed by atoms with van der Waals surface area (Å²) in [7, 11) is -4.42. The molecular weight excluding hydrogens is 398 g/mol. The minimum absolute atomic E-state index is 0.269. The zero-order valence-corrected chi connectivity index (χ0v) is 16.6. The average Bonchev–Trinajstić information content (AvgIpc) is 2.98. The summed E-state index contributed by atoms with van der Waals surface area (Å²) in [4.78, 5) is 23.3. The van der Waals surface area contributed by atoms with Crippen LogP contribution in [0, 0.1) is 11.8 Å². The number of aromatic nitrogens is 1. The van der Waals surface area contributed by atoms with E-state index in [0.29, 0.717) is 28.2 Å². The Kier molecular flexibility index (Phi) is 5.38. The van der Waals surface area contributed by atoms with Crippen LogP contribution in [-0.4, -0.2) is 39.7 Å². The Balaban J connectivity index is 2.37. The minimum Gasteiger partial charge on any atom is -0.481 e. The molecule has 0 aliphatic carbocycles. The first-order chi connectivity index (χ1) is 13.6. The first-order valence-corrected chi connectivity index (χ1v) is 10.5. The standard InChI is InChI=1S/C20H21NO7S/c1-3-15(18(20(24)25)11(2)19(22)23)21-16-7-5-4-6-13(16)14-10-12(29(26,27)28)8-9-17(14)21/h4-11,15,18H,3H2,1-2H3,(H,22,23)(H,24,25)(H,26,27,28). The van der Waals surface area contributed by atoms with Crippen molar-refractivity contribution in [3.05, 3.63) is 42.5 Å². The average molecular weight is 419 g/mol. The van der Waals surface area contributed by atoms with E-state index in [1.165, 1.54) is 25.1 Å². The first-order valence-electron chi connectivity index (χ1n) is 9.03. The number of carboxylic acids is 2. The zero-order valence-electron chi connectivity index (χ0n) is 15.8. The lowest BCUT2D eigenvalue weighted by Crippen LogP contribution is -2.35. The fourth-order valence-corrected chi connectivity index (χ4v) is 4.47.